The number of halogens is 2. The van der Waals surface area contributed by atoms with Crippen LogP contribution >= 0.6 is 0 Å². The van der Waals surface area contributed by atoms with Gasteiger partial charge in [0, 0.05) is 42.3 Å². The minimum atomic E-state index is -1.53. The average Bonchev–Trinajstić information content (AvgIpc) is 2.59. The smallest absolute Gasteiger partial charge is 0.256 e. The van der Waals surface area contributed by atoms with Crippen LogP contribution in [0.3, 0.4) is 0 Å². The van der Waals surface area contributed by atoms with Crippen LogP contribution in [0.2, 0.25) is 0 Å². The summed E-state index contributed by atoms with van der Waals surface area (Å²) in [5, 5.41) is 18.1. The third-order valence-corrected chi connectivity index (χ3v) is 5.97. The third kappa shape index (κ3) is 5.13. The van der Waals surface area contributed by atoms with Crippen molar-refractivity contribution >= 4 is 5.91 Å². The Kier molecular flexibility index (Phi) is 6.05. The molecular formula is C22H33F2N3O2. The van der Waals surface area contributed by atoms with Gasteiger partial charge in [0.1, 0.15) is 0 Å². The lowest BCUT2D eigenvalue weighted by molar-refractivity contribution is -0.157. The molecule has 0 saturated carbocycles. The molecule has 2 heterocycles. The Labute approximate surface area is 171 Å². The zero-order valence-corrected chi connectivity index (χ0v) is 17.8. The molecule has 0 aromatic heterocycles. The number of carbonyl (C=O) groups is 1. The number of nitrogens with zero attached hydrogens (tertiary/aromatic N) is 1. The van der Waals surface area contributed by atoms with Crippen molar-refractivity contribution < 1.29 is 18.7 Å². The summed E-state index contributed by atoms with van der Waals surface area (Å²) >= 11 is 0. The van der Waals surface area contributed by atoms with E-state index in [4.69, 9.17) is 0 Å². The Morgan fingerprint density at radius 3 is 2.52 bits per heavy atom. The molecule has 1 atom stereocenters. The van der Waals surface area contributed by atoms with Crippen LogP contribution in [0.15, 0.2) is 18.2 Å². The van der Waals surface area contributed by atoms with Gasteiger partial charge >= 0.3 is 0 Å². The van der Waals surface area contributed by atoms with Gasteiger partial charge in [-0.15, -0.1) is 0 Å². The number of rotatable bonds is 5. The number of carbonyl (C=O) groups excluding carboxylic acids is 1. The van der Waals surface area contributed by atoms with Crippen LogP contribution in [-0.2, 0) is 11.3 Å². The Hall–Kier alpha value is -1.57. The van der Waals surface area contributed by atoms with Crippen LogP contribution in [0.4, 0.5) is 8.78 Å². The molecule has 2 fully saturated rings. The van der Waals surface area contributed by atoms with Gasteiger partial charge in [-0.1, -0.05) is 12.1 Å². The lowest BCUT2D eigenvalue weighted by Crippen LogP contribution is -2.64. The predicted molar refractivity (Wildman–Crippen MR) is 108 cm³/mol. The average molecular weight is 410 g/mol. The second kappa shape index (κ2) is 7.93. The molecule has 2 aliphatic heterocycles. The van der Waals surface area contributed by atoms with E-state index in [1.54, 1.807) is 0 Å². The maximum Gasteiger partial charge on any atom is 0.256 e. The van der Waals surface area contributed by atoms with Gasteiger partial charge < -0.3 is 20.6 Å². The van der Waals surface area contributed by atoms with Crippen molar-refractivity contribution in [3.05, 3.63) is 35.4 Å². The van der Waals surface area contributed by atoms with Gasteiger partial charge in [0.2, 0.25) is 0 Å². The molecule has 29 heavy (non-hydrogen) atoms. The molecule has 3 rings (SSSR count). The first-order valence-corrected chi connectivity index (χ1v) is 10.4. The number of aliphatic hydroxyl groups is 1. The summed E-state index contributed by atoms with van der Waals surface area (Å²) in [7, 11) is 0. The summed E-state index contributed by atoms with van der Waals surface area (Å²) < 4.78 is 27.5. The first-order valence-electron chi connectivity index (χ1n) is 10.4. The second-order valence-electron chi connectivity index (χ2n) is 9.95. The van der Waals surface area contributed by atoms with Gasteiger partial charge in [-0.2, -0.15) is 0 Å². The molecular weight excluding hydrogens is 376 g/mol. The molecule has 0 unspecified atom stereocenters. The topological polar surface area (TPSA) is 64.6 Å². The molecule has 2 saturated heterocycles. The highest BCUT2D eigenvalue weighted by Crippen LogP contribution is 2.30. The van der Waals surface area contributed by atoms with Gasteiger partial charge in [0.25, 0.3) is 5.91 Å². The van der Waals surface area contributed by atoms with Crippen LogP contribution < -0.4 is 10.6 Å². The maximum atomic E-state index is 14.0. The largest absolute Gasteiger partial charge is 0.379 e. The Bertz CT molecular complexity index is 752. The molecule has 5 nitrogen and oxygen atoms in total. The van der Waals surface area contributed by atoms with E-state index in [1.807, 2.05) is 0 Å². The maximum absolute atomic E-state index is 14.0. The molecule has 1 amide bonds. The molecule has 0 spiro atoms. The summed E-state index contributed by atoms with van der Waals surface area (Å²) in [6, 6.07) is 4.13. The highest BCUT2D eigenvalue weighted by Gasteiger charge is 2.44. The first kappa shape index (κ1) is 22.1. The Morgan fingerprint density at radius 2 is 1.86 bits per heavy atom. The monoisotopic (exact) mass is 409 g/mol. The molecule has 0 aliphatic carbocycles. The fraction of sp³-hybridized carbons (Fsp3) is 0.682. The van der Waals surface area contributed by atoms with E-state index in [-0.39, 0.29) is 35.8 Å². The quantitative estimate of drug-likeness (QED) is 0.700. The third-order valence-electron chi connectivity index (χ3n) is 5.97. The van der Waals surface area contributed by atoms with E-state index in [1.165, 1.54) is 17.0 Å². The van der Waals surface area contributed by atoms with Crippen molar-refractivity contribution in [1.82, 2.24) is 15.5 Å². The minimum absolute atomic E-state index is 0.0421. The summed E-state index contributed by atoms with van der Waals surface area (Å²) in [5.74, 6) is -2.29. The molecule has 2 aliphatic rings. The zero-order chi connectivity index (χ0) is 21.4. The Balaban J connectivity index is 1.66. The molecule has 162 valence electrons. The van der Waals surface area contributed by atoms with E-state index in [0.29, 0.717) is 19.4 Å². The van der Waals surface area contributed by atoms with Crippen LogP contribution in [0.1, 0.15) is 58.9 Å². The van der Waals surface area contributed by atoms with Crippen LogP contribution in [0, 0.1) is 11.6 Å². The number of hydrogen-bond donors (Lipinski definition) is 3. The van der Waals surface area contributed by atoms with E-state index < -0.39 is 23.1 Å². The fourth-order valence-corrected chi connectivity index (χ4v) is 5.04. The van der Waals surface area contributed by atoms with Crippen LogP contribution in [0.25, 0.3) is 0 Å². The molecule has 0 bridgehead atoms. The van der Waals surface area contributed by atoms with Crippen molar-refractivity contribution in [2.45, 2.75) is 82.6 Å². The lowest BCUT2D eigenvalue weighted by Gasteiger charge is -2.47. The van der Waals surface area contributed by atoms with E-state index in [0.717, 1.165) is 18.9 Å². The number of nitrogens with one attached hydrogen (secondary N) is 2. The van der Waals surface area contributed by atoms with Crippen molar-refractivity contribution in [2.75, 3.05) is 13.1 Å². The summed E-state index contributed by atoms with van der Waals surface area (Å²) in [4.78, 5) is 14.4. The van der Waals surface area contributed by atoms with Gasteiger partial charge in [0.15, 0.2) is 17.2 Å². The lowest BCUT2D eigenvalue weighted by atomic mass is 9.79. The molecule has 7 heteroatoms. The number of likely N-dealkylation sites (tertiary alicyclic amines) is 1. The van der Waals surface area contributed by atoms with Crippen LogP contribution in [-0.4, -0.2) is 51.7 Å². The molecule has 3 N–H and O–H groups in total. The molecule has 1 aromatic rings. The van der Waals surface area contributed by atoms with E-state index in [2.05, 4.69) is 38.3 Å². The number of piperidine rings is 2. The van der Waals surface area contributed by atoms with Gasteiger partial charge in [-0.05, 0) is 59.4 Å². The van der Waals surface area contributed by atoms with E-state index >= 15 is 0 Å². The van der Waals surface area contributed by atoms with Crippen molar-refractivity contribution in [2.24, 2.45) is 0 Å². The Morgan fingerprint density at radius 1 is 1.21 bits per heavy atom. The predicted octanol–water partition coefficient (Wildman–Crippen LogP) is 2.72. The molecule has 0 radical (unpaired) electrons. The second-order valence-corrected chi connectivity index (χ2v) is 9.95. The minimum Gasteiger partial charge on any atom is -0.379 e. The number of hydrogen-bond acceptors (Lipinski definition) is 4. The summed E-state index contributed by atoms with van der Waals surface area (Å²) in [6.07, 6.45) is 2.75. The highest BCUT2D eigenvalue weighted by atomic mass is 19.2. The van der Waals surface area contributed by atoms with E-state index in [9.17, 15) is 18.7 Å². The standard InChI is InChI=1S/C22H33F2N3O2/c1-20(2)11-16(12-21(3,4)26-20)25-14-22(29)9-6-10-27(19(22)28)13-15-7-5-8-17(23)18(15)24/h5,7-8,16,25-26,29H,6,9-14H2,1-4H3/t22-/m1/s1. The summed E-state index contributed by atoms with van der Waals surface area (Å²) in [6.45, 7) is 9.14. The first-order chi connectivity index (χ1) is 13.4. The zero-order valence-electron chi connectivity index (χ0n) is 17.8. The number of amides is 1. The van der Waals surface area contributed by atoms with Crippen molar-refractivity contribution in [3.8, 4) is 0 Å². The van der Waals surface area contributed by atoms with Gasteiger partial charge in [-0.25, -0.2) is 8.78 Å². The van der Waals surface area contributed by atoms with Crippen molar-refractivity contribution in [1.29, 1.82) is 0 Å². The van der Waals surface area contributed by atoms with Crippen LogP contribution in [0.5, 0.6) is 0 Å². The van der Waals surface area contributed by atoms with Crippen molar-refractivity contribution in [3.63, 3.8) is 0 Å². The van der Waals surface area contributed by atoms with Gasteiger partial charge in [-0.3, -0.25) is 4.79 Å². The van der Waals surface area contributed by atoms with Gasteiger partial charge in [0.05, 0.1) is 0 Å². The normalized spacial score (nSPS) is 27.3. The summed E-state index contributed by atoms with van der Waals surface area (Å²) in [5.41, 5.74) is -1.49. The number of benzene rings is 1. The molecule has 1 aromatic carbocycles. The SMILES string of the molecule is CC1(C)CC(NC[C@]2(O)CCCN(Cc3cccc(F)c3F)C2=O)CC(C)(C)N1. The fourth-order valence-electron chi connectivity index (χ4n) is 5.04. The highest BCUT2D eigenvalue weighted by molar-refractivity contribution is 5.86.